The second kappa shape index (κ2) is 5.00. The van der Waals surface area contributed by atoms with E-state index in [9.17, 15) is 5.11 Å². The molecule has 1 aliphatic rings. The standard InChI is InChI=1S/C12H16N4O/c1-2-10(17)9(8-13)12-15-14-11-6-4-3-5-7-16(11)12/h17H,2-7H2,1H3. The van der Waals surface area contributed by atoms with Crippen LogP contribution in [-0.2, 0) is 13.0 Å². The molecule has 0 unspecified atom stereocenters. The number of rotatable bonds is 2. The number of aryl methyl sites for hydroxylation is 1. The van der Waals surface area contributed by atoms with Crippen molar-refractivity contribution in [1.82, 2.24) is 14.8 Å². The van der Waals surface area contributed by atoms with Gasteiger partial charge in [-0.15, -0.1) is 10.2 Å². The minimum Gasteiger partial charge on any atom is -0.511 e. The first-order chi connectivity index (χ1) is 8.27. The van der Waals surface area contributed by atoms with Gasteiger partial charge in [-0.05, 0) is 12.8 Å². The number of aliphatic hydroxyl groups is 1. The zero-order valence-electron chi connectivity index (χ0n) is 9.98. The van der Waals surface area contributed by atoms with Crippen LogP contribution in [0.4, 0.5) is 0 Å². The third-order valence-corrected chi connectivity index (χ3v) is 3.07. The summed E-state index contributed by atoms with van der Waals surface area (Å²) in [7, 11) is 0. The summed E-state index contributed by atoms with van der Waals surface area (Å²) in [5, 5.41) is 27.0. The van der Waals surface area contributed by atoms with Crippen LogP contribution in [-0.4, -0.2) is 19.9 Å². The average molecular weight is 232 g/mol. The summed E-state index contributed by atoms with van der Waals surface area (Å²) in [6.45, 7) is 2.65. The predicted molar refractivity (Wildman–Crippen MR) is 63.0 cm³/mol. The molecule has 0 amide bonds. The van der Waals surface area contributed by atoms with Gasteiger partial charge in [0.15, 0.2) is 5.82 Å². The van der Waals surface area contributed by atoms with Crippen LogP contribution in [0.15, 0.2) is 5.76 Å². The SMILES string of the molecule is CCC(O)=C(C#N)c1nnc2n1CCCCC2. The van der Waals surface area contributed by atoms with Gasteiger partial charge in [0.2, 0.25) is 0 Å². The number of nitrogens with zero attached hydrogens (tertiary/aromatic N) is 4. The fourth-order valence-corrected chi connectivity index (χ4v) is 2.09. The predicted octanol–water partition coefficient (Wildman–Crippen LogP) is 2.21. The van der Waals surface area contributed by atoms with E-state index >= 15 is 0 Å². The van der Waals surface area contributed by atoms with Crippen LogP contribution in [0.1, 0.15) is 44.3 Å². The van der Waals surface area contributed by atoms with Gasteiger partial charge in [0.1, 0.15) is 23.2 Å². The van der Waals surface area contributed by atoms with Crippen molar-refractivity contribution in [2.45, 2.75) is 45.6 Å². The van der Waals surface area contributed by atoms with Gasteiger partial charge in [-0.3, -0.25) is 0 Å². The monoisotopic (exact) mass is 232 g/mol. The van der Waals surface area contributed by atoms with E-state index in [1.807, 2.05) is 17.6 Å². The summed E-state index contributed by atoms with van der Waals surface area (Å²) in [6.07, 6.45) is 4.70. The molecule has 0 radical (unpaired) electrons. The summed E-state index contributed by atoms with van der Waals surface area (Å²) in [6, 6.07) is 2.03. The van der Waals surface area contributed by atoms with E-state index < -0.39 is 0 Å². The highest BCUT2D eigenvalue weighted by Crippen LogP contribution is 2.21. The molecule has 5 heteroatoms. The van der Waals surface area contributed by atoms with Gasteiger partial charge >= 0.3 is 0 Å². The summed E-state index contributed by atoms with van der Waals surface area (Å²) in [5.74, 6) is 1.53. The molecule has 0 atom stereocenters. The second-order valence-electron chi connectivity index (χ2n) is 4.19. The molecule has 1 aromatic rings. The molecule has 0 fully saturated rings. The molecule has 0 aliphatic carbocycles. The Kier molecular flexibility index (Phi) is 3.43. The Labute approximate surface area is 100 Å². The molecule has 0 saturated heterocycles. The largest absolute Gasteiger partial charge is 0.511 e. The van der Waals surface area contributed by atoms with E-state index in [-0.39, 0.29) is 11.3 Å². The van der Waals surface area contributed by atoms with E-state index in [2.05, 4.69) is 10.2 Å². The van der Waals surface area contributed by atoms with Crippen molar-refractivity contribution in [2.24, 2.45) is 0 Å². The lowest BCUT2D eigenvalue weighted by molar-refractivity contribution is 0.397. The summed E-state index contributed by atoms with van der Waals surface area (Å²) in [4.78, 5) is 0. The van der Waals surface area contributed by atoms with Crippen LogP contribution in [0.5, 0.6) is 0 Å². The first-order valence-corrected chi connectivity index (χ1v) is 6.02. The highest BCUT2D eigenvalue weighted by molar-refractivity contribution is 5.74. The van der Waals surface area contributed by atoms with E-state index in [1.54, 1.807) is 0 Å². The van der Waals surface area contributed by atoms with Gasteiger partial charge in [0.25, 0.3) is 0 Å². The van der Waals surface area contributed by atoms with Crippen LogP contribution in [0.2, 0.25) is 0 Å². The van der Waals surface area contributed by atoms with Gasteiger partial charge in [-0.1, -0.05) is 13.3 Å². The van der Waals surface area contributed by atoms with Gasteiger partial charge < -0.3 is 9.67 Å². The van der Waals surface area contributed by atoms with Crippen LogP contribution < -0.4 is 0 Å². The maximum Gasteiger partial charge on any atom is 0.178 e. The Balaban J connectivity index is 2.47. The second-order valence-corrected chi connectivity index (χ2v) is 4.19. The highest BCUT2D eigenvalue weighted by atomic mass is 16.3. The van der Waals surface area contributed by atoms with Crippen molar-refractivity contribution in [3.8, 4) is 6.07 Å². The van der Waals surface area contributed by atoms with Gasteiger partial charge in [0, 0.05) is 19.4 Å². The maximum absolute atomic E-state index is 9.74. The lowest BCUT2D eigenvalue weighted by Crippen LogP contribution is -2.06. The number of hydrogen-bond acceptors (Lipinski definition) is 4. The summed E-state index contributed by atoms with van der Waals surface area (Å²) < 4.78 is 1.97. The Morgan fingerprint density at radius 1 is 1.41 bits per heavy atom. The fourth-order valence-electron chi connectivity index (χ4n) is 2.09. The zero-order valence-corrected chi connectivity index (χ0v) is 9.98. The topological polar surface area (TPSA) is 74.7 Å². The molecule has 17 heavy (non-hydrogen) atoms. The van der Waals surface area contributed by atoms with E-state index in [4.69, 9.17) is 5.26 Å². The number of aliphatic hydroxyl groups excluding tert-OH is 1. The Morgan fingerprint density at radius 2 is 2.24 bits per heavy atom. The first-order valence-electron chi connectivity index (χ1n) is 6.02. The molecular weight excluding hydrogens is 216 g/mol. The lowest BCUT2D eigenvalue weighted by Gasteiger charge is -2.06. The molecule has 0 bridgehead atoms. The van der Waals surface area contributed by atoms with Gasteiger partial charge in [0.05, 0.1) is 0 Å². The third-order valence-electron chi connectivity index (χ3n) is 3.07. The van der Waals surface area contributed by atoms with Crippen LogP contribution >= 0.6 is 0 Å². The molecule has 0 saturated carbocycles. The van der Waals surface area contributed by atoms with Crippen LogP contribution in [0.3, 0.4) is 0 Å². The summed E-state index contributed by atoms with van der Waals surface area (Å²) >= 11 is 0. The Morgan fingerprint density at radius 3 is 2.94 bits per heavy atom. The van der Waals surface area contributed by atoms with Crippen molar-refractivity contribution in [1.29, 1.82) is 5.26 Å². The molecule has 1 aromatic heterocycles. The average Bonchev–Trinajstić information content (AvgIpc) is 2.60. The van der Waals surface area contributed by atoms with Crippen molar-refractivity contribution in [3.05, 3.63) is 17.4 Å². The van der Waals surface area contributed by atoms with Gasteiger partial charge in [-0.25, -0.2) is 0 Å². The normalized spacial score (nSPS) is 16.7. The summed E-state index contributed by atoms with van der Waals surface area (Å²) in [5.41, 5.74) is 0.258. The highest BCUT2D eigenvalue weighted by Gasteiger charge is 2.19. The minimum atomic E-state index is 0.0898. The smallest absolute Gasteiger partial charge is 0.178 e. The van der Waals surface area contributed by atoms with Crippen LogP contribution in [0, 0.1) is 11.3 Å². The van der Waals surface area contributed by atoms with Crippen molar-refractivity contribution in [3.63, 3.8) is 0 Å². The third kappa shape index (κ3) is 2.16. The molecule has 0 aromatic carbocycles. The molecule has 90 valence electrons. The zero-order chi connectivity index (χ0) is 12.3. The number of hydrogen-bond donors (Lipinski definition) is 1. The van der Waals surface area contributed by atoms with E-state index in [0.717, 1.165) is 31.6 Å². The van der Waals surface area contributed by atoms with Crippen molar-refractivity contribution < 1.29 is 5.11 Å². The first kappa shape index (κ1) is 11.6. The number of fused-ring (bicyclic) bond motifs is 1. The Bertz CT molecular complexity index is 481. The Hall–Kier alpha value is -1.83. The molecule has 5 nitrogen and oxygen atoms in total. The van der Waals surface area contributed by atoms with Crippen molar-refractivity contribution in [2.75, 3.05) is 0 Å². The molecule has 0 spiro atoms. The number of nitriles is 1. The fraction of sp³-hybridized carbons (Fsp3) is 0.583. The molecule has 1 aliphatic heterocycles. The maximum atomic E-state index is 9.74. The quantitative estimate of drug-likeness (QED) is 0.626. The lowest BCUT2D eigenvalue weighted by atomic mass is 10.2. The molecule has 2 rings (SSSR count). The van der Waals surface area contributed by atoms with E-state index in [1.165, 1.54) is 6.42 Å². The van der Waals surface area contributed by atoms with E-state index in [0.29, 0.717) is 12.2 Å². The number of aromatic nitrogens is 3. The number of allylic oxidation sites excluding steroid dienone is 2. The van der Waals surface area contributed by atoms with Crippen molar-refractivity contribution >= 4 is 5.57 Å². The minimum absolute atomic E-state index is 0.0898. The van der Waals surface area contributed by atoms with Gasteiger partial charge in [-0.2, -0.15) is 5.26 Å². The molecule has 1 N–H and O–H groups in total. The van der Waals surface area contributed by atoms with Crippen LogP contribution in [0.25, 0.3) is 5.57 Å². The molecular formula is C12H16N4O. The molecule has 2 heterocycles.